The van der Waals surface area contributed by atoms with Gasteiger partial charge in [0, 0.05) is 29.8 Å². The number of rotatable bonds is 2. The van der Waals surface area contributed by atoms with Crippen molar-refractivity contribution in [2.45, 2.75) is 33.4 Å². The van der Waals surface area contributed by atoms with E-state index in [1.54, 1.807) is 18.5 Å². The van der Waals surface area contributed by atoms with Gasteiger partial charge in [-0.25, -0.2) is 24.9 Å². The van der Waals surface area contributed by atoms with Gasteiger partial charge in [-0.1, -0.05) is 6.07 Å². The van der Waals surface area contributed by atoms with E-state index < -0.39 is 0 Å². The van der Waals surface area contributed by atoms with Crippen LogP contribution in [0.2, 0.25) is 0 Å². The van der Waals surface area contributed by atoms with Crippen LogP contribution in [0.1, 0.15) is 35.5 Å². The number of pyridine rings is 1. The van der Waals surface area contributed by atoms with Gasteiger partial charge in [0.25, 0.3) is 0 Å². The minimum atomic E-state index is 0.195. The van der Waals surface area contributed by atoms with Gasteiger partial charge in [-0.2, -0.15) is 0 Å². The normalized spacial score (nSPS) is 16.3. The molecule has 1 atom stereocenters. The van der Waals surface area contributed by atoms with Gasteiger partial charge in [0.15, 0.2) is 11.6 Å². The largest absolute Gasteiger partial charge is 0.344 e. The summed E-state index contributed by atoms with van der Waals surface area (Å²) in [4.78, 5) is 24.6. The molecule has 3 aromatic heterocycles. The van der Waals surface area contributed by atoms with Gasteiger partial charge in [0.2, 0.25) is 0 Å². The number of aromatic nitrogens is 5. The Kier molecular flexibility index (Phi) is 3.45. The quantitative estimate of drug-likeness (QED) is 0.723. The van der Waals surface area contributed by atoms with Crippen molar-refractivity contribution < 1.29 is 0 Å². The molecule has 0 fully saturated rings. The average Bonchev–Trinajstić information content (AvgIpc) is 2.94. The fourth-order valence-electron chi connectivity index (χ4n) is 2.95. The molecular formula is C18H18N6. The van der Waals surface area contributed by atoms with E-state index in [2.05, 4.69) is 50.8 Å². The minimum absolute atomic E-state index is 0.195. The fourth-order valence-corrected chi connectivity index (χ4v) is 2.95. The monoisotopic (exact) mass is 318 g/mol. The summed E-state index contributed by atoms with van der Waals surface area (Å²) in [6.45, 7) is 6.99. The summed E-state index contributed by atoms with van der Waals surface area (Å²) in [5.74, 6) is 2.09. The smallest absolute Gasteiger partial charge is 0.198 e. The topological polar surface area (TPSA) is 67.7 Å². The van der Waals surface area contributed by atoms with Gasteiger partial charge < -0.3 is 4.90 Å². The average molecular weight is 318 g/mol. The lowest BCUT2D eigenvalue weighted by Crippen LogP contribution is -2.20. The van der Waals surface area contributed by atoms with Crippen molar-refractivity contribution in [3.05, 3.63) is 59.3 Å². The molecule has 0 saturated heterocycles. The van der Waals surface area contributed by atoms with Gasteiger partial charge in [-0.05, 0) is 38.5 Å². The molecule has 0 bridgehead atoms. The highest BCUT2D eigenvalue weighted by molar-refractivity contribution is 5.51. The number of hydrogen-bond donors (Lipinski definition) is 0. The van der Waals surface area contributed by atoms with Crippen LogP contribution in [0.4, 0.5) is 5.82 Å². The second-order valence-corrected chi connectivity index (χ2v) is 6.04. The first-order valence-electron chi connectivity index (χ1n) is 7.97. The van der Waals surface area contributed by atoms with E-state index in [0.29, 0.717) is 18.2 Å². The molecule has 1 unspecified atom stereocenters. The summed E-state index contributed by atoms with van der Waals surface area (Å²) in [5, 5.41) is 0. The van der Waals surface area contributed by atoms with Gasteiger partial charge >= 0.3 is 0 Å². The Morgan fingerprint density at radius 1 is 1.00 bits per heavy atom. The van der Waals surface area contributed by atoms with E-state index in [9.17, 15) is 0 Å². The van der Waals surface area contributed by atoms with Gasteiger partial charge in [-0.15, -0.1) is 0 Å². The lowest BCUT2D eigenvalue weighted by Gasteiger charge is -2.23. The fraction of sp³-hybridized carbons (Fsp3) is 0.278. The highest BCUT2D eigenvalue weighted by Gasteiger charge is 2.30. The number of anilines is 1. The third-order valence-corrected chi connectivity index (χ3v) is 4.53. The lowest BCUT2D eigenvalue weighted by atomic mass is 10.1. The summed E-state index contributed by atoms with van der Waals surface area (Å²) >= 11 is 0. The molecule has 0 amide bonds. The van der Waals surface area contributed by atoms with E-state index in [0.717, 1.165) is 22.8 Å². The van der Waals surface area contributed by atoms with E-state index in [1.165, 1.54) is 5.56 Å². The van der Waals surface area contributed by atoms with Gasteiger partial charge in [0.05, 0.1) is 18.3 Å². The Hall–Kier alpha value is -2.89. The Labute approximate surface area is 140 Å². The molecule has 6 heteroatoms. The summed E-state index contributed by atoms with van der Waals surface area (Å²) in [7, 11) is 0. The molecule has 3 aromatic rings. The second kappa shape index (κ2) is 5.63. The van der Waals surface area contributed by atoms with Crippen LogP contribution in [0.25, 0.3) is 11.6 Å². The summed E-state index contributed by atoms with van der Waals surface area (Å²) in [5.41, 5.74) is 4.40. The van der Waals surface area contributed by atoms with Crippen LogP contribution in [-0.2, 0) is 6.54 Å². The summed E-state index contributed by atoms with van der Waals surface area (Å²) in [6, 6.07) is 6.16. The SMILES string of the molecule is Cc1ccc(N2Cc3nc(-c4ncccn4)ncc3C2C)nc1C. The van der Waals surface area contributed by atoms with Crippen molar-refractivity contribution >= 4 is 5.82 Å². The molecule has 120 valence electrons. The maximum Gasteiger partial charge on any atom is 0.198 e. The summed E-state index contributed by atoms with van der Waals surface area (Å²) < 4.78 is 0. The molecule has 0 saturated carbocycles. The molecule has 0 aliphatic carbocycles. The van der Waals surface area contributed by atoms with Crippen molar-refractivity contribution in [1.29, 1.82) is 0 Å². The minimum Gasteiger partial charge on any atom is -0.344 e. The van der Waals surface area contributed by atoms with Crippen LogP contribution >= 0.6 is 0 Å². The number of fused-ring (bicyclic) bond motifs is 1. The zero-order chi connectivity index (χ0) is 16.7. The van der Waals surface area contributed by atoms with E-state index in [4.69, 9.17) is 4.98 Å². The van der Waals surface area contributed by atoms with Crippen molar-refractivity contribution in [3.8, 4) is 11.6 Å². The Balaban J connectivity index is 1.69. The van der Waals surface area contributed by atoms with Gasteiger partial charge in [-0.3, -0.25) is 0 Å². The molecule has 4 rings (SSSR count). The number of hydrogen-bond acceptors (Lipinski definition) is 6. The molecular weight excluding hydrogens is 300 g/mol. The first-order chi connectivity index (χ1) is 11.6. The van der Waals surface area contributed by atoms with Gasteiger partial charge in [0.1, 0.15) is 5.82 Å². The molecule has 1 aliphatic rings. The Bertz CT molecular complexity index is 893. The van der Waals surface area contributed by atoms with E-state index in [1.807, 2.05) is 13.1 Å². The zero-order valence-corrected chi connectivity index (χ0v) is 13.9. The molecule has 6 nitrogen and oxygen atoms in total. The van der Waals surface area contributed by atoms with Crippen LogP contribution in [0.15, 0.2) is 36.8 Å². The van der Waals surface area contributed by atoms with Crippen LogP contribution in [0, 0.1) is 13.8 Å². The first-order valence-corrected chi connectivity index (χ1v) is 7.97. The third-order valence-electron chi connectivity index (χ3n) is 4.53. The molecule has 0 aromatic carbocycles. The van der Waals surface area contributed by atoms with Crippen LogP contribution < -0.4 is 4.90 Å². The highest BCUT2D eigenvalue weighted by atomic mass is 15.2. The number of aryl methyl sites for hydroxylation is 2. The zero-order valence-electron chi connectivity index (χ0n) is 13.9. The highest BCUT2D eigenvalue weighted by Crippen LogP contribution is 2.35. The maximum absolute atomic E-state index is 4.72. The first kappa shape index (κ1) is 14.7. The third kappa shape index (κ3) is 2.40. The predicted molar refractivity (Wildman–Crippen MR) is 91.4 cm³/mol. The Morgan fingerprint density at radius 3 is 2.54 bits per heavy atom. The van der Waals surface area contributed by atoms with Crippen LogP contribution in [0.3, 0.4) is 0 Å². The lowest BCUT2D eigenvalue weighted by molar-refractivity contribution is 0.716. The van der Waals surface area contributed by atoms with E-state index >= 15 is 0 Å². The maximum atomic E-state index is 4.72. The molecule has 4 heterocycles. The summed E-state index contributed by atoms with van der Waals surface area (Å²) in [6.07, 6.45) is 5.29. The van der Waals surface area contributed by atoms with Crippen molar-refractivity contribution in [3.63, 3.8) is 0 Å². The van der Waals surface area contributed by atoms with Crippen molar-refractivity contribution in [2.75, 3.05) is 4.90 Å². The van der Waals surface area contributed by atoms with Crippen molar-refractivity contribution in [2.24, 2.45) is 0 Å². The van der Waals surface area contributed by atoms with Crippen LogP contribution in [0.5, 0.6) is 0 Å². The molecule has 0 N–H and O–H groups in total. The molecule has 1 aliphatic heterocycles. The predicted octanol–water partition coefficient (Wildman–Crippen LogP) is 3.03. The van der Waals surface area contributed by atoms with Crippen molar-refractivity contribution in [1.82, 2.24) is 24.9 Å². The second-order valence-electron chi connectivity index (χ2n) is 6.04. The van der Waals surface area contributed by atoms with Crippen LogP contribution in [-0.4, -0.2) is 24.9 Å². The molecule has 0 radical (unpaired) electrons. The standard InChI is InChI=1S/C18H18N6/c1-11-5-6-16(22-12(11)2)24-10-15-14(13(24)3)9-21-18(23-15)17-19-7-4-8-20-17/h4-9,13H,10H2,1-3H3. The Morgan fingerprint density at radius 2 is 1.79 bits per heavy atom. The number of nitrogens with zero attached hydrogens (tertiary/aromatic N) is 6. The molecule has 24 heavy (non-hydrogen) atoms. The molecule has 0 spiro atoms. The van der Waals surface area contributed by atoms with E-state index in [-0.39, 0.29) is 6.04 Å².